The van der Waals surface area contributed by atoms with Crippen molar-refractivity contribution in [3.05, 3.63) is 65.8 Å². The quantitative estimate of drug-likeness (QED) is 0.421. The number of pyridine rings is 1. The molecule has 0 spiro atoms. The molecule has 184 valence electrons. The molecule has 0 radical (unpaired) electrons. The fraction of sp³-hybridized carbons (Fsp3) is 0.231. The molecule has 2 aliphatic rings. The van der Waals surface area contributed by atoms with Crippen molar-refractivity contribution in [1.82, 2.24) is 24.7 Å². The van der Waals surface area contributed by atoms with Crippen LogP contribution in [0, 0.1) is 0 Å². The Morgan fingerprint density at radius 1 is 1.03 bits per heavy atom. The molecule has 5 heterocycles. The third-order valence-electron chi connectivity index (χ3n) is 6.72. The molecule has 0 bridgehead atoms. The number of nitrogens with one attached hydrogen (secondary N) is 1. The van der Waals surface area contributed by atoms with Gasteiger partial charge in [0.25, 0.3) is 11.8 Å². The minimum absolute atomic E-state index is 0. The average molecular weight is 506 g/mol. The van der Waals surface area contributed by atoms with Crippen molar-refractivity contribution >= 4 is 63.3 Å². The lowest BCUT2D eigenvalue weighted by Crippen LogP contribution is -2.42. The molecule has 10 heteroatoms. The van der Waals surface area contributed by atoms with Gasteiger partial charge in [-0.15, -0.1) is 12.4 Å². The molecule has 1 N–H and O–H groups in total. The van der Waals surface area contributed by atoms with E-state index in [9.17, 15) is 14.4 Å². The number of urea groups is 1. The van der Waals surface area contributed by atoms with E-state index in [2.05, 4.69) is 20.9 Å². The first kappa shape index (κ1) is 23.6. The number of para-hydroxylation sites is 1. The number of fused-ring (bicyclic) bond motifs is 1. The van der Waals surface area contributed by atoms with E-state index >= 15 is 0 Å². The molecule has 0 saturated carbocycles. The van der Waals surface area contributed by atoms with Crippen molar-refractivity contribution in [2.24, 2.45) is 0 Å². The standard InChI is InChI=1S/C26H23N5O4.ClH/c1-29(2)26(34)30-8-6-15-4-3-5-17-19(14-31(10-9-30)22(15)17)21-20(24(32)28-25(21)33)18-13-27-12-16-7-11-35-23(16)18;/h3-5,7,11-14H,6,8-10H2,1-2H3,(H,28,32,33);1H. The van der Waals surface area contributed by atoms with Crippen molar-refractivity contribution in [2.75, 3.05) is 27.2 Å². The Morgan fingerprint density at radius 2 is 1.81 bits per heavy atom. The summed E-state index contributed by atoms with van der Waals surface area (Å²) in [5.74, 6) is -0.919. The van der Waals surface area contributed by atoms with Crippen LogP contribution in [0.3, 0.4) is 0 Å². The molecule has 0 atom stereocenters. The van der Waals surface area contributed by atoms with Crippen molar-refractivity contribution < 1.29 is 18.8 Å². The number of nitrogens with zero attached hydrogens (tertiary/aromatic N) is 4. The van der Waals surface area contributed by atoms with Crippen LogP contribution < -0.4 is 5.32 Å². The van der Waals surface area contributed by atoms with Crippen LogP contribution in [0.15, 0.2) is 53.5 Å². The summed E-state index contributed by atoms with van der Waals surface area (Å²) in [6.07, 6.45) is 7.36. The van der Waals surface area contributed by atoms with E-state index in [4.69, 9.17) is 4.42 Å². The van der Waals surface area contributed by atoms with Crippen LogP contribution in [0.5, 0.6) is 0 Å². The summed E-state index contributed by atoms with van der Waals surface area (Å²) in [6.45, 7) is 1.72. The first-order valence-electron chi connectivity index (χ1n) is 11.4. The van der Waals surface area contributed by atoms with E-state index in [1.54, 1.807) is 43.7 Å². The van der Waals surface area contributed by atoms with Crippen LogP contribution >= 0.6 is 12.4 Å². The van der Waals surface area contributed by atoms with Crippen LogP contribution in [0.1, 0.15) is 16.7 Å². The molecule has 0 aliphatic carbocycles. The van der Waals surface area contributed by atoms with Crippen molar-refractivity contribution in [3.8, 4) is 0 Å². The number of aromatic nitrogens is 2. The Labute approximate surface area is 212 Å². The van der Waals surface area contributed by atoms with Gasteiger partial charge in [0.05, 0.1) is 22.9 Å². The smallest absolute Gasteiger partial charge is 0.319 e. The van der Waals surface area contributed by atoms with Gasteiger partial charge in [0.15, 0.2) is 0 Å². The van der Waals surface area contributed by atoms with E-state index in [1.165, 1.54) is 0 Å². The predicted molar refractivity (Wildman–Crippen MR) is 138 cm³/mol. The summed E-state index contributed by atoms with van der Waals surface area (Å²) in [7, 11) is 3.50. The largest absolute Gasteiger partial charge is 0.464 e. The number of imide groups is 1. The average Bonchev–Trinajstić information content (AvgIpc) is 3.52. The molecule has 0 unspecified atom stereocenters. The molecule has 36 heavy (non-hydrogen) atoms. The second-order valence-electron chi connectivity index (χ2n) is 9.02. The molecule has 0 fully saturated rings. The number of rotatable bonds is 2. The van der Waals surface area contributed by atoms with Crippen LogP contribution in [0.25, 0.3) is 33.0 Å². The maximum Gasteiger partial charge on any atom is 0.319 e. The van der Waals surface area contributed by atoms with Gasteiger partial charge in [-0.1, -0.05) is 18.2 Å². The normalized spacial score (nSPS) is 15.7. The van der Waals surface area contributed by atoms with E-state index < -0.39 is 11.8 Å². The monoisotopic (exact) mass is 505 g/mol. The van der Waals surface area contributed by atoms with Gasteiger partial charge in [0, 0.05) is 74.2 Å². The molecule has 1 aromatic carbocycles. The van der Waals surface area contributed by atoms with Crippen molar-refractivity contribution in [1.29, 1.82) is 0 Å². The van der Waals surface area contributed by atoms with Gasteiger partial charge < -0.3 is 18.8 Å². The van der Waals surface area contributed by atoms with Gasteiger partial charge in [0.2, 0.25) is 0 Å². The predicted octanol–water partition coefficient (Wildman–Crippen LogP) is 3.31. The molecule has 9 nitrogen and oxygen atoms in total. The fourth-order valence-electron chi connectivity index (χ4n) is 5.12. The highest BCUT2D eigenvalue weighted by Gasteiger charge is 2.36. The molecule has 4 amide bonds. The topological polar surface area (TPSA) is 101 Å². The highest BCUT2D eigenvalue weighted by atomic mass is 35.5. The molecular formula is C26H24ClN5O4. The summed E-state index contributed by atoms with van der Waals surface area (Å²) in [4.78, 5) is 46.4. The number of hydrogen-bond acceptors (Lipinski definition) is 5. The van der Waals surface area contributed by atoms with Crippen LogP contribution in [0.2, 0.25) is 0 Å². The Morgan fingerprint density at radius 3 is 2.58 bits per heavy atom. The number of amides is 4. The number of halogens is 1. The Balaban J connectivity index is 0.00000267. The summed E-state index contributed by atoms with van der Waals surface area (Å²) >= 11 is 0. The van der Waals surface area contributed by atoms with Gasteiger partial charge in [-0.3, -0.25) is 19.9 Å². The molecular weight excluding hydrogens is 482 g/mol. The van der Waals surface area contributed by atoms with Gasteiger partial charge in [-0.05, 0) is 18.1 Å². The molecule has 4 aromatic rings. The lowest BCUT2D eigenvalue weighted by Gasteiger charge is -2.28. The lowest BCUT2D eigenvalue weighted by molar-refractivity contribution is -0.122. The summed E-state index contributed by atoms with van der Waals surface area (Å²) in [5.41, 5.74) is 4.34. The highest BCUT2D eigenvalue weighted by Crippen LogP contribution is 2.39. The third-order valence-corrected chi connectivity index (χ3v) is 6.72. The van der Waals surface area contributed by atoms with Crippen LogP contribution in [0.4, 0.5) is 4.79 Å². The van der Waals surface area contributed by atoms with Crippen LogP contribution in [-0.2, 0) is 22.6 Å². The third kappa shape index (κ3) is 3.54. The molecule has 0 saturated heterocycles. The second kappa shape index (κ2) is 8.83. The zero-order valence-corrected chi connectivity index (χ0v) is 20.6. The summed E-state index contributed by atoms with van der Waals surface area (Å²) in [5, 5.41) is 4.11. The number of benzene rings is 1. The van der Waals surface area contributed by atoms with Crippen molar-refractivity contribution in [2.45, 2.75) is 13.0 Å². The maximum atomic E-state index is 13.1. The lowest BCUT2D eigenvalue weighted by atomic mass is 9.95. The SMILES string of the molecule is CN(C)C(=O)N1CCc2cccc3c(C4=C(c5cncc6ccoc56)C(=O)NC4=O)cn(c23)CC1.Cl. The number of furan rings is 1. The molecule has 3 aromatic heterocycles. The highest BCUT2D eigenvalue weighted by molar-refractivity contribution is 6.50. The van der Waals surface area contributed by atoms with E-state index in [1.807, 2.05) is 23.2 Å². The zero-order chi connectivity index (χ0) is 24.3. The Hall–Kier alpha value is -4.11. The van der Waals surface area contributed by atoms with Crippen molar-refractivity contribution in [3.63, 3.8) is 0 Å². The second-order valence-corrected chi connectivity index (χ2v) is 9.02. The van der Waals surface area contributed by atoms with Gasteiger partial charge >= 0.3 is 6.03 Å². The number of hydrogen-bond donors (Lipinski definition) is 1. The van der Waals surface area contributed by atoms with E-state index in [-0.39, 0.29) is 24.0 Å². The van der Waals surface area contributed by atoms with Gasteiger partial charge in [0.1, 0.15) is 5.58 Å². The van der Waals surface area contributed by atoms with Crippen LogP contribution in [-0.4, -0.2) is 64.4 Å². The Bertz CT molecular complexity index is 1580. The minimum Gasteiger partial charge on any atom is -0.464 e. The molecule has 6 rings (SSSR count). The number of carbonyl (C=O) groups excluding carboxylic acids is 3. The fourth-order valence-corrected chi connectivity index (χ4v) is 5.12. The molecule has 2 aliphatic heterocycles. The van der Waals surface area contributed by atoms with E-state index in [0.717, 1.165) is 21.9 Å². The zero-order valence-electron chi connectivity index (χ0n) is 19.8. The first-order chi connectivity index (χ1) is 16.9. The van der Waals surface area contributed by atoms with Gasteiger partial charge in [-0.2, -0.15) is 0 Å². The summed E-state index contributed by atoms with van der Waals surface area (Å²) in [6, 6.07) is 7.72. The maximum absolute atomic E-state index is 13.1. The van der Waals surface area contributed by atoms with E-state index in [0.29, 0.717) is 48.3 Å². The number of carbonyl (C=O) groups is 3. The summed E-state index contributed by atoms with van der Waals surface area (Å²) < 4.78 is 7.73. The minimum atomic E-state index is -0.472. The van der Waals surface area contributed by atoms with Gasteiger partial charge in [-0.25, -0.2) is 4.79 Å². The Kier molecular flexibility index (Phi) is 5.80. The first-order valence-corrected chi connectivity index (χ1v) is 11.4.